The molecule has 1 heterocycles. The van der Waals surface area contributed by atoms with E-state index in [1.54, 1.807) is 6.92 Å². The molecule has 1 aromatic rings. The fourth-order valence-electron chi connectivity index (χ4n) is 2.11. The van der Waals surface area contributed by atoms with Gasteiger partial charge in [0.05, 0.1) is 0 Å². The molecule has 0 aliphatic carbocycles. The number of imide groups is 1. The number of hydrogen-bond acceptors (Lipinski definition) is 5. The molecule has 0 spiro atoms. The van der Waals surface area contributed by atoms with Crippen LogP contribution in [0.15, 0.2) is 18.2 Å². The number of amides is 3. The number of rotatable bonds is 2. The molecule has 1 saturated heterocycles. The first-order valence-electron chi connectivity index (χ1n) is 6.10. The highest BCUT2D eigenvalue weighted by molar-refractivity contribution is 6.07. The Bertz CT molecular complexity index is 584. The number of nitrogens with one attached hydrogen (secondary N) is 1. The van der Waals surface area contributed by atoms with E-state index < -0.39 is 29.5 Å². The number of phenolic OH excluding ortho intramolecular Hbond substituents is 2. The highest BCUT2D eigenvalue weighted by Gasteiger charge is 2.35. The predicted molar refractivity (Wildman–Crippen MR) is 68.0 cm³/mol. The summed E-state index contributed by atoms with van der Waals surface area (Å²) in [4.78, 5) is 36.6. The van der Waals surface area contributed by atoms with Crippen LogP contribution in [0.2, 0.25) is 0 Å². The van der Waals surface area contributed by atoms with Crippen LogP contribution in [0.25, 0.3) is 0 Å². The molecule has 2 rings (SSSR count). The van der Waals surface area contributed by atoms with Gasteiger partial charge in [-0.05, 0) is 24.6 Å². The summed E-state index contributed by atoms with van der Waals surface area (Å²) in [6, 6.07) is 2.87. The van der Waals surface area contributed by atoms with Crippen LogP contribution in [0.3, 0.4) is 0 Å². The topological polar surface area (TPSA) is 107 Å². The van der Waals surface area contributed by atoms with E-state index in [0.717, 1.165) is 11.0 Å². The van der Waals surface area contributed by atoms with E-state index in [0.29, 0.717) is 6.42 Å². The minimum atomic E-state index is -0.726. The number of phenols is 2. The molecule has 106 valence electrons. The van der Waals surface area contributed by atoms with Crippen molar-refractivity contribution < 1.29 is 24.6 Å². The van der Waals surface area contributed by atoms with Crippen molar-refractivity contribution in [3.63, 3.8) is 0 Å². The first-order valence-corrected chi connectivity index (χ1v) is 6.10. The second-order valence-corrected chi connectivity index (χ2v) is 4.47. The van der Waals surface area contributed by atoms with E-state index in [9.17, 15) is 24.6 Å². The molecule has 1 fully saturated rings. The largest absolute Gasteiger partial charge is 0.504 e. The number of piperazine rings is 1. The molecule has 3 N–H and O–H groups in total. The number of carbonyl (C=O) groups is 3. The van der Waals surface area contributed by atoms with Gasteiger partial charge in [-0.25, -0.2) is 0 Å². The maximum absolute atomic E-state index is 12.3. The first-order chi connectivity index (χ1) is 9.43. The first kappa shape index (κ1) is 13.9. The average molecular weight is 278 g/mol. The molecule has 1 aliphatic rings. The third-order valence-corrected chi connectivity index (χ3v) is 3.13. The fraction of sp³-hybridized carbons (Fsp3) is 0.308. The zero-order valence-electron chi connectivity index (χ0n) is 10.8. The lowest BCUT2D eigenvalue weighted by Gasteiger charge is -2.33. The van der Waals surface area contributed by atoms with Crippen LogP contribution in [0.1, 0.15) is 23.7 Å². The van der Waals surface area contributed by atoms with Crippen LogP contribution < -0.4 is 5.32 Å². The summed E-state index contributed by atoms with van der Waals surface area (Å²) in [5.74, 6) is -2.38. The second kappa shape index (κ2) is 5.20. The second-order valence-electron chi connectivity index (χ2n) is 4.47. The van der Waals surface area contributed by atoms with Crippen molar-refractivity contribution in [2.24, 2.45) is 0 Å². The summed E-state index contributed by atoms with van der Waals surface area (Å²) < 4.78 is 0. The molecule has 1 unspecified atom stereocenters. The molecule has 0 aromatic heterocycles. The van der Waals surface area contributed by atoms with Gasteiger partial charge >= 0.3 is 0 Å². The SMILES string of the molecule is CCC1C(=O)NC(=O)CN1C(=O)c1ccc(O)c(O)c1. The molecular weight excluding hydrogens is 264 g/mol. The van der Waals surface area contributed by atoms with E-state index in [1.165, 1.54) is 12.1 Å². The molecule has 20 heavy (non-hydrogen) atoms. The highest BCUT2D eigenvalue weighted by atomic mass is 16.3. The summed E-state index contributed by atoms with van der Waals surface area (Å²) in [6.45, 7) is 1.51. The van der Waals surface area contributed by atoms with Gasteiger partial charge in [-0.2, -0.15) is 0 Å². The summed E-state index contributed by atoms with van der Waals surface area (Å²) in [5, 5.41) is 20.8. The van der Waals surface area contributed by atoms with Crippen molar-refractivity contribution in [1.82, 2.24) is 10.2 Å². The van der Waals surface area contributed by atoms with Gasteiger partial charge in [0.15, 0.2) is 11.5 Å². The van der Waals surface area contributed by atoms with Gasteiger partial charge in [-0.15, -0.1) is 0 Å². The van der Waals surface area contributed by atoms with Crippen LogP contribution in [-0.4, -0.2) is 45.4 Å². The maximum Gasteiger partial charge on any atom is 0.255 e. The Balaban J connectivity index is 2.32. The Hall–Kier alpha value is -2.57. The third-order valence-electron chi connectivity index (χ3n) is 3.13. The molecule has 7 nitrogen and oxygen atoms in total. The molecule has 3 amide bonds. The standard InChI is InChI=1S/C13H14N2O5/c1-2-8-12(19)14-11(18)6-15(8)13(20)7-3-4-9(16)10(17)5-7/h3-5,8,16-17H,2,6H2,1H3,(H,14,18,19). The number of carbonyl (C=O) groups excluding carboxylic acids is 3. The monoisotopic (exact) mass is 278 g/mol. The summed E-state index contributed by atoms with van der Waals surface area (Å²) in [5.41, 5.74) is 0.0984. The van der Waals surface area contributed by atoms with Gasteiger partial charge < -0.3 is 15.1 Å². The van der Waals surface area contributed by atoms with Crippen molar-refractivity contribution >= 4 is 17.7 Å². The van der Waals surface area contributed by atoms with Gasteiger partial charge in [-0.3, -0.25) is 19.7 Å². The molecule has 1 aromatic carbocycles. The summed E-state index contributed by atoms with van der Waals surface area (Å²) >= 11 is 0. The molecule has 1 aliphatic heterocycles. The zero-order valence-corrected chi connectivity index (χ0v) is 10.8. The maximum atomic E-state index is 12.3. The van der Waals surface area contributed by atoms with E-state index in [1.807, 2.05) is 0 Å². The van der Waals surface area contributed by atoms with Gasteiger partial charge in [0.25, 0.3) is 5.91 Å². The Morgan fingerprint density at radius 3 is 2.65 bits per heavy atom. The number of benzene rings is 1. The predicted octanol–water partition coefficient (Wildman–Crippen LogP) is -0.0250. The highest BCUT2D eigenvalue weighted by Crippen LogP contribution is 2.26. The van der Waals surface area contributed by atoms with Crippen LogP contribution in [0.5, 0.6) is 11.5 Å². The Kier molecular flexibility index (Phi) is 3.60. The number of aromatic hydroxyl groups is 2. The fourth-order valence-corrected chi connectivity index (χ4v) is 2.11. The van der Waals surface area contributed by atoms with E-state index in [4.69, 9.17) is 0 Å². The van der Waals surface area contributed by atoms with Crippen LogP contribution in [-0.2, 0) is 9.59 Å². The number of hydrogen-bond donors (Lipinski definition) is 3. The van der Waals surface area contributed by atoms with Gasteiger partial charge in [0, 0.05) is 5.56 Å². The summed E-state index contributed by atoms with van der Waals surface area (Å²) in [6.07, 6.45) is 0.370. The van der Waals surface area contributed by atoms with Gasteiger partial charge in [0.1, 0.15) is 12.6 Å². The third kappa shape index (κ3) is 2.42. The summed E-state index contributed by atoms with van der Waals surface area (Å²) in [7, 11) is 0. The molecule has 0 bridgehead atoms. The lowest BCUT2D eigenvalue weighted by atomic mass is 10.1. The molecule has 0 radical (unpaired) electrons. The molecular formula is C13H14N2O5. The quantitative estimate of drug-likeness (QED) is 0.520. The van der Waals surface area contributed by atoms with Crippen LogP contribution >= 0.6 is 0 Å². The van der Waals surface area contributed by atoms with Crippen molar-refractivity contribution in [2.45, 2.75) is 19.4 Å². The lowest BCUT2D eigenvalue weighted by molar-refractivity contribution is -0.138. The Morgan fingerprint density at radius 1 is 1.35 bits per heavy atom. The van der Waals surface area contributed by atoms with Crippen LogP contribution in [0.4, 0.5) is 0 Å². The van der Waals surface area contributed by atoms with E-state index >= 15 is 0 Å². The van der Waals surface area contributed by atoms with Crippen molar-refractivity contribution in [3.8, 4) is 11.5 Å². The minimum Gasteiger partial charge on any atom is -0.504 e. The van der Waals surface area contributed by atoms with E-state index in [2.05, 4.69) is 5.32 Å². The Labute approximate surface area is 114 Å². The van der Waals surface area contributed by atoms with Crippen LogP contribution in [0, 0.1) is 0 Å². The van der Waals surface area contributed by atoms with Crippen molar-refractivity contribution in [1.29, 1.82) is 0 Å². The van der Waals surface area contributed by atoms with Crippen molar-refractivity contribution in [2.75, 3.05) is 6.54 Å². The Morgan fingerprint density at radius 2 is 2.05 bits per heavy atom. The van der Waals surface area contributed by atoms with Crippen molar-refractivity contribution in [3.05, 3.63) is 23.8 Å². The molecule has 7 heteroatoms. The normalized spacial score (nSPS) is 18.9. The van der Waals surface area contributed by atoms with Gasteiger partial charge in [-0.1, -0.05) is 6.92 Å². The lowest BCUT2D eigenvalue weighted by Crippen LogP contribution is -2.59. The smallest absolute Gasteiger partial charge is 0.255 e. The zero-order chi connectivity index (χ0) is 14.9. The van der Waals surface area contributed by atoms with Gasteiger partial charge in [0.2, 0.25) is 11.8 Å². The minimum absolute atomic E-state index is 0.0984. The molecule has 0 saturated carbocycles. The average Bonchev–Trinajstić information content (AvgIpc) is 2.40. The number of nitrogens with zero attached hydrogens (tertiary/aromatic N) is 1. The molecule has 1 atom stereocenters. The van der Waals surface area contributed by atoms with E-state index in [-0.39, 0.29) is 17.9 Å².